The number of hydrogen-bond donors (Lipinski definition) is 0. The first-order valence-electron chi connectivity index (χ1n) is 7.16. The Morgan fingerprint density at radius 2 is 2.10 bits per heavy atom. The molecule has 0 bridgehead atoms. The Morgan fingerprint density at radius 1 is 1.33 bits per heavy atom. The van der Waals surface area contributed by atoms with Gasteiger partial charge in [-0.25, -0.2) is 4.98 Å². The second-order valence-corrected chi connectivity index (χ2v) is 6.52. The lowest BCUT2D eigenvalue weighted by Gasteiger charge is -2.27. The summed E-state index contributed by atoms with van der Waals surface area (Å²) in [4.78, 5) is 16.7. The predicted molar refractivity (Wildman–Crippen MR) is 80.5 cm³/mol. The summed E-state index contributed by atoms with van der Waals surface area (Å²) >= 11 is 1.52. The van der Waals surface area contributed by atoms with Crippen LogP contribution in [0.15, 0.2) is 24.3 Å². The lowest BCUT2D eigenvalue weighted by molar-refractivity contribution is -0.155. The van der Waals surface area contributed by atoms with Crippen molar-refractivity contribution < 1.29 is 9.53 Å². The van der Waals surface area contributed by atoms with Crippen molar-refractivity contribution in [2.75, 3.05) is 0 Å². The molecule has 2 aromatic rings. The van der Waals surface area contributed by atoms with E-state index in [-0.39, 0.29) is 12.6 Å². The van der Waals surface area contributed by atoms with E-state index in [2.05, 4.69) is 11.1 Å². The van der Waals surface area contributed by atoms with Crippen LogP contribution in [-0.4, -0.2) is 11.0 Å². The number of aromatic nitrogens is 1. The van der Waals surface area contributed by atoms with Gasteiger partial charge in [-0.05, 0) is 25.0 Å². The highest BCUT2D eigenvalue weighted by atomic mass is 32.1. The molecule has 108 valence electrons. The minimum Gasteiger partial charge on any atom is -0.457 e. The van der Waals surface area contributed by atoms with Crippen molar-refractivity contribution in [2.45, 2.75) is 38.7 Å². The molecule has 0 amide bonds. The highest BCUT2D eigenvalue weighted by Gasteiger charge is 2.41. The van der Waals surface area contributed by atoms with Crippen LogP contribution in [-0.2, 0) is 16.1 Å². The Bertz CT molecular complexity index is 663. The fourth-order valence-electron chi connectivity index (χ4n) is 2.76. The van der Waals surface area contributed by atoms with Crippen LogP contribution < -0.4 is 0 Å². The number of benzene rings is 1. The van der Waals surface area contributed by atoms with Gasteiger partial charge in [0.25, 0.3) is 0 Å². The Kier molecular flexibility index (Phi) is 3.89. The topological polar surface area (TPSA) is 63.0 Å². The molecule has 4 nitrogen and oxygen atoms in total. The van der Waals surface area contributed by atoms with E-state index in [4.69, 9.17) is 4.74 Å². The fraction of sp³-hybridized carbons (Fsp3) is 0.438. The van der Waals surface area contributed by atoms with Crippen LogP contribution in [0.4, 0.5) is 0 Å². The van der Waals surface area contributed by atoms with Crippen molar-refractivity contribution >= 4 is 27.5 Å². The molecule has 0 atom stereocenters. The van der Waals surface area contributed by atoms with Gasteiger partial charge >= 0.3 is 5.97 Å². The zero-order valence-corrected chi connectivity index (χ0v) is 12.5. The van der Waals surface area contributed by atoms with Gasteiger partial charge in [0, 0.05) is 0 Å². The highest BCUT2D eigenvalue weighted by Crippen LogP contribution is 2.37. The number of hydrogen-bond acceptors (Lipinski definition) is 5. The smallest absolute Gasteiger partial charge is 0.326 e. The average molecular weight is 300 g/mol. The molecular weight excluding hydrogens is 284 g/mol. The third kappa shape index (κ3) is 2.77. The summed E-state index contributed by atoms with van der Waals surface area (Å²) in [5.41, 5.74) is -0.0178. The second kappa shape index (κ2) is 5.82. The quantitative estimate of drug-likeness (QED) is 0.808. The number of para-hydroxylation sites is 1. The Morgan fingerprint density at radius 3 is 2.81 bits per heavy atom. The molecule has 1 saturated carbocycles. The number of nitrogens with zero attached hydrogens (tertiary/aromatic N) is 2. The first-order chi connectivity index (χ1) is 10.2. The van der Waals surface area contributed by atoms with Crippen LogP contribution >= 0.6 is 11.3 Å². The van der Waals surface area contributed by atoms with Gasteiger partial charge in [-0.3, -0.25) is 4.79 Å². The minimum atomic E-state index is -0.936. The van der Waals surface area contributed by atoms with E-state index in [0.717, 1.165) is 34.5 Å². The van der Waals surface area contributed by atoms with E-state index in [1.54, 1.807) is 0 Å². The monoisotopic (exact) mass is 300 g/mol. The summed E-state index contributed by atoms with van der Waals surface area (Å²) in [5, 5.41) is 10.1. The molecule has 3 rings (SSSR count). The normalized spacial score (nSPS) is 17.3. The Hall–Kier alpha value is -1.93. The summed E-state index contributed by atoms with van der Waals surface area (Å²) in [5.74, 6) is -0.385. The molecule has 0 radical (unpaired) electrons. The summed E-state index contributed by atoms with van der Waals surface area (Å²) in [7, 11) is 0. The van der Waals surface area contributed by atoms with E-state index in [0.29, 0.717) is 12.8 Å². The van der Waals surface area contributed by atoms with Gasteiger partial charge in [-0.1, -0.05) is 31.4 Å². The predicted octanol–water partition coefficient (Wildman–Crippen LogP) is 3.81. The Labute approximate surface area is 127 Å². The van der Waals surface area contributed by atoms with Crippen molar-refractivity contribution in [3.05, 3.63) is 29.3 Å². The van der Waals surface area contributed by atoms with Crippen molar-refractivity contribution in [3.8, 4) is 6.07 Å². The molecular formula is C16H16N2O2S. The molecule has 1 aromatic heterocycles. The standard InChI is InChI=1S/C16H16N2O2S/c17-11-16(8-4-1-5-9-16)15(19)20-10-14-18-12-6-2-3-7-13(12)21-14/h2-3,6-7H,1,4-5,8-10H2. The Balaban J connectivity index is 1.69. The molecule has 0 N–H and O–H groups in total. The van der Waals surface area contributed by atoms with Gasteiger partial charge in [0.15, 0.2) is 5.41 Å². The first kappa shape index (κ1) is 14.0. The maximum Gasteiger partial charge on any atom is 0.326 e. The van der Waals surface area contributed by atoms with Gasteiger partial charge in [0.1, 0.15) is 11.6 Å². The van der Waals surface area contributed by atoms with Crippen LogP contribution in [0.1, 0.15) is 37.1 Å². The van der Waals surface area contributed by atoms with Gasteiger partial charge in [-0.2, -0.15) is 5.26 Å². The third-order valence-corrected chi connectivity index (χ3v) is 4.99. The molecule has 1 aliphatic rings. The molecule has 5 heteroatoms. The minimum absolute atomic E-state index is 0.154. The highest BCUT2D eigenvalue weighted by molar-refractivity contribution is 7.18. The van der Waals surface area contributed by atoms with Crippen LogP contribution in [0, 0.1) is 16.7 Å². The zero-order valence-electron chi connectivity index (χ0n) is 11.7. The second-order valence-electron chi connectivity index (χ2n) is 5.41. The van der Waals surface area contributed by atoms with Crippen LogP contribution in [0.2, 0.25) is 0 Å². The third-order valence-electron chi connectivity index (χ3n) is 3.98. The molecule has 0 aliphatic heterocycles. The summed E-state index contributed by atoms with van der Waals surface area (Å²) in [6, 6.07) is 10.0. The lowest BCUT2D eigenvalue weighted by atomic mass is 9.75. The van der Waals surface area contributed by atoms with Crippen molar-refractivity contribution in [1.29, 1.82) is 5.26 Å². The number of nitriles is 1. The number of carbonyl (C=O) groups excluding carboxylic acids is 1. The van der Waals surface area contributed by atoms with E-state index in [1.807, 2.05) is 24.3 Å². The number of esters is 1. The first-order valence-corrected chi connectivity index (χ1v) is 7.98. The lowest BCUT2D eigenvalue weighted by Crippen LogP contribution is -2.33. The number of fused-ring (bicyclic) bond motifs is 1. The van der Waals surface area contributed by atoms with E-state index in [9.17, 15) is 10.1 Å². The number of rotatable bonds is 3. The van der Waals surface area contributed by atoms with Crippen LogP contribution in [0.3, 0.4) is 0 Å². The fourth-order valence-corrected chi connectivity index (χ4v) is 3.64. The largest absolute Gasteiger partial charge is 0.457 e. The molecule has 0 saturated heterocycles. The van der Waals surface area contributed by atoms with Gasteiger partial charge in [-0.15, -0.1) is 11.3 Å². The van der Waals surface area contributed by atoms with E-state index >= 15 is 0 Å². The van der Waals surface area contributed by atoms with E-state index in [1.165, 1.54) is 11.3 Å². The molecule has 1 heterocycles. The molecule has 21 heavy (non-hydrogen) atoms. The van der Waals surface area contributed by atoms with Gasteiger partial charge in [0.2, 0.25) is 0 Å². The molecule has 1 aromatic carbocycles. The van der Waals surface area contributed by atoms with Crippen molar-refractivity contribution in [3.63, 3.8) is 0 Å². The summed E-state index contributed by atoms with van der Waals surface area (Å²) < 4.78 is 6.46. The number of thiazole rings is 1. The average Bonchev–Trinajstić information content (AvgIpc) is 2.96. The molecule has 0 spiro atoms. The molecule has 0 unspecified atom stereocenters. The van der Waals surface area contributed by atoms with Crippen molar-refractivity contribution in [1.82, 2.24) is 4.98 Å². The van der Waals surface area contributed by atoms with Gasteiger partial charge in [0.05, 0.1) is 16.3 Å². The number of carbonyl (C=O) groups is 1. The summed E-state index contributed by atoms with van der Waals surface area (Å²) in [6.45, 7) is 0.154. The zero-order chi connectivity index (χ0) is 14.7. The SMILES string of the molecule is N#CC1(C(=O)OCc2nc3ccccc3s2)CCCCC1. The molecule has 1 aliphatic carbocycles. The van der Waals surface area contributed by atoms with Crippen LogP contribution in [0.25, 0.3) is 10.2 Å². The molecule has 1 fully saturated rings. The van der Waals surface area contributed by atoms with E-state index < -0.39 is 5.41 Å². The van der Waals surface area contributed by atoms with Crippen molar-refractivity contribution in [2.24, 2.45) is 5.41 Å². The van der Waals surface area contributed by atoms with Gasteiger partial charge < -0.3 is 4.74 Å². The number of ether oxygens (including phenoxy) is 1. The summed E-state index contributed by atoms with van der Waals surface area (Å²) in [6.07, 6.45) is 4.16. The maximum atomic E-state index is 12.3. The maximum absolute atomic E-state index is 12.3. The van der Waals surface area contributed by atoms with Crippen LogP contribution in [0.5, 0.6) is 0 Å².